The first kappa shape index (κ1) is 12.9. The Morgan fingerprint density at radius 3 is 1.90 bits per heavy atom. The zero-order valence-electron chi connectivity index (χ0n) is 11.4. The van der Waals surface area contributed by atoms with Gasteiger partial charge in [-0.1, -0.05) is 30.3 Å². The zero-order valence-corrected chi connectivity index (χ0v) is 11.4. The number of likely N-dealkylation sites (tertiary alicyclic amines) is 2. The summed E-state index contributed by atoms with van der Waals surface area (Å²) in [4.78, 5) is 27.6. The number of carbonyl (C=O) groups excluding carboxylic acids is 2. The molecule has 2 amide bonds. The Labute approximate surface area is 118 Å². The molecule has 0 aromatic heterocycles. The van der Waals surface area contributed by atoms with Crippen LogP contribution in [0.5, 0.6) is 0 Å². The van der Waals surface area contributed by atoms with E-state index < -0.39 is 0 Å². The minimum Gasteiger partial charge on any atom is -0.298 e. The van der Waals surface area contributed by atoms with Crippen LogP contribution in [0.1, 0.15) is 31.2 Å². The van der Waals surface area contributed by atoms with Crippen molar-refractivity contribution in [3.05, 3.63) is 41.7 Å². The van der Waals surface area contributed by atoms with Crippen LogP contribution in [0.2, 0.25) is 0 Å². The van der Waals surface area contributed by atoms with Crippen LogP contribution in [0.15, 0.2) is 36.2 Å². The van der Waals surface area contributed by atoms with Crippen LogP contribution in [0.3, 0.4) is 0 Å². The molecule has 0 radical (unpaired) electrons. The third-order valence-electron chi connectivity index (χ3n) is 3.80. The van der Waals surface area contributed by atoms with Gasteiger partial charge < -0.3 is 0 Å². The van der Waals surface area contributed by atoms with Crippen LogP contribution in [-0.2, 0) is 9.59 Å². The molecule has 0 unspecified atom stereocenters. The number of hydrogen-bond donors (Lipinski definition) is 0. The van der Waals surface area contributed by atoms with Gasteiger partial charge in [0, 0.05) is 25.9 Å². The summed E-state index contributed by atoms with van der Waals surface area (Å²) in [5, 5.41) is 0. The third kappa shape index (κ3) is 2.46. The van der Waals surface area contributed by atoms with Gasteiger partial charge in [0.2, 0.25) is 11.8 Å². The number of nitrogens with zero attached hydrogens (tertiary/aromatic N) is 2. The highest BCUT2D eigenvalue weighted by Crippen LogP contribution is 2.25. The number of hydrogen-bond acceptors (Lipinski definition) is 2. The third-order valence-corrected chi connectivity index (χ3v) is 3.80. The highest BCUT2D eigenvalue weighted by molar-refractivity contribution is 5.85. The maximum absolute atomic E-state index is 12.0. The van der Waals surface area contributed by atoms with E-state index in [4.69, 9.17) is 0 Å². The Kier molecular flexibility index (Phi) is 3.54. The second-order valence-electron chi connectivity index (χ2n) is 5.21. The van der Waals surface area contributed by atoms with Crippen molar-refractivity contribution in [3.63, 3.8) is 0 Å². The second-order valence-corrected chi connectivity index (χ2v) is 5.21. The number of amides is 2. The fourth-order valence-corrected chi connectivity index (χ4v) is 2.78. The summed E-state index contributed by atoms with van der Waals surface area (Å²) in [5.41, 5.74) is 1.02. The molecule has 20 heavy (non-hydrogen) atoms. The molecule has 2 aliphatic heterocycles. The summed E-state index contributed by atoms with van der Waals surface area (Å²) in [6.07, 6.45) is 4.84. The van der Waals surface area contributed by atoms with Crippen LogP contribution in [0, 0.1) is 0 Å². The molecule has 3 rings (SSSR count). The fourth-order valence-electron chi connectivity index (χ4n) is 2.78. The van der Waals surface area contributed by atoms with Crippen molar-refractivity contribution < 1.29 is 9.59 Å². The van der Waals surface area contributed by atoms with E-state index in [1.54, 1.807) is 9.80 Å². The van der Waals surface area contributed by atoms with E-state index in [0.29, 0.717) is 25.9 Å². The minimum absolute atomic E-state index is 0.117. The first-order valence-electron chi connectivity index (χ1n) is 7.13. The lowest BCUT2D eigenvalue weighted by Gasteiger charge is -2.27. The van der Waals surface area contributed by atoms with Crippen LogP contribution in [-0.4, -0.2) is 34.7 Å². The molecule has 4 nitrogen and oxygen atoms in total. The summed E-state index contributed by atoms with van der Waals surface area (Å²) in [5.74, 6) is 0.986. The average Bonchev–Trinajstić information content (AvgIpc) is 3.06. The molecule has 2 aliphatic rings. The maximum atomic E-state index is 12.0. The van der Waals surface area contributed by atoms with Gasteiger partial charge in [0.05, 0.1) is 0 Å². The first-order valence-corrected chi connectivity index (χ1v) is 7.13. The van der Waals surface area contributed by atoms with Gasteiger partial charge in [-0.25, -0.2) is 0 Å². The standard InChI is InChI=1S/C16H18N2O2/c19-15-8-4-10-17(15)14(18-11-5-9-16(18)20)12-13-6-2-1-3-7-13/h1-3,6-7,12H,4-5,8-11H2. The second kappa shape index (κ2) is 5.49. The highest BCUT2D eigenvalue weighted by Gasteiger charge is 2.32. The Morgan fingerprint density at radius 1 is 0.900 bits per heavy atom. The predicted octanol–water partition coefficient (Wildman–Crippen LogP) is 2.23. The molecule has 2 heterocycles. The van der Waals surface area contributed by atoms with Gasteiger partial charge in [0.1, 0.15) is 5.82 Å². The number of benzene rings is 1. The molecule has 0 atom stereocenters. The van der Waals surface area contributed by atoms with Crippen molar-refractivity contribution in [3.8, 4) is 0 Å². The Balaban J connectivity index is 1.97. The lowest BCUT2D eigenvalue weighted by atomic mass is 10.2. The van der Waals surface area contributed by atoms with Crippen LogP contribution < -0.4 is 0 Å². The Morgan fingerprint density at radius 2 is 1.45 bits per heavy atom. The molecule has 0 bridgehead atoms. The molecule has 0 saturated carbocycles. The van der Waals surface area contributed by atoms with E-state index in [-0.39, 0.29) is 11.8 Å². The SMILES string of the molecule is O=C1CCCN1C(=Cc1ccccc1)N1CCCC1=O. The normalized spacial score (nSPS) is 18.8. The van der Waals surface area contributed by atoms with Crippen molar-refractivity contribution in [1.82, 2.24) is 9.80 Å². The molecule has 0 aliphatic carbocycles. The quantitative estimate of drug-likeness (QED) is 0.845. The molecule has 0 spiro atoms. The lowest BCUT2D eigenvalue weighted by Crippen LogP contribution is -2.36. The lowest BCUT2D eigenvalue weighted by molar-refractivity contribution is -0.130. The fraction of sp³-hybridized carbons (Fsp3) is 0.375. The molecule has 104 valence electrons. The monoisotopic (exact) mass is 270 g/mol. The molecule has 2 saturated heterocycles. The van der Waals surface area contributed by atoms with Gasteiger partial charge in [0.25, 0.3) is 0 Å². The summed E-state index contributed by atoms with van der Waals surface area (Å²) < 4.78 is 0. The number of rotatable bonds is 3. The molecule has 2 fully saturated rings. The summed E-state index contributed by atoms with van der Waals surface area (Å²) in [7, 11) is 0. The molecular weight excluding hydrogens is 252 g/mol. The summed E-state index contributed by atoms with van der Waals surface area (Å²) in [6.45, 7) is 1.42. The average molecular weight is 270 g/mol. The topological polar surface area (TPSA) is 40.6 Å². The van der Waals surface area contributed by atoms with Crippen molar-refractivity contribution in [2.45, 2.75) is 25.7 Å². The smallest absolute Gasteiger partial charge is 0.228 e. The zero-order chi connectivity index (χ0) is 13.9. The van der Waals surface area contributed by atoms with E-state index >= 15 is 0 Å². The van der Waals surface area contributed by atoms with Gasteiger partial charge in [0.15, 0.2) is 0 Å². The van der Waals surface area contributed by atoms with Gasteiger partial charge >= 0.3 is 0 Å². The van der Waals surface area contributed by atoms with Crippen molar-refractivity contribution >= 4 is 17.9 Å². The van der Waals surface area contributed by atoms with E-state index in [9.17, 15) is 9.59 Å². The minimum atomic E-state index is 0.117. The predicted molar refractivity (Wildman–Crippen MR) is 76.3 cm³/mol. The summed E-state index contributed by atoms with van der Waals surface area (Å²) in [6, 6.07) is 9.85. The molecular formula is C16H18N2O2. The van der Waals surface area contributed by atoms with E-state index in [1.165, 1.54) is 0 Å². The van der Waals surface area contributed by atoms with Gasteiger partial charge in [-0.05, 0) is 24.5 Å². The van der Waals surface area contributed by atoms with Crippen molar-refractivity contribution in [2.75, 3.05) is 13.1 Å². The number of carbonyl (C=O) groups is 2. The van der Waals surface area contributed by atoms with Gasteiger partial charge in [-0.15, -0.1) is 0 Å². The van der Waals surface area contributed by atoms with Crippen molar-refractivity contribution in [2.24, 2.45) is 0 Å². The van der Waals surface area contributed by atoms with E-state index in [1.807, 2.05) is 36.4 Å². The summed E-state index contributed by atoms with van der Waals surface area (Å²) >= 11 is 0. The van der Waals surface area contributed by atoms with Crippen LogP contribution >= 0.6 is 0 Å². The molecule has 0 N–H and O–H groups in total. The Hall–Kier alpha value is -2.10. The molecule has 1 aromatic rings. The van der Waals surface area contributed by atoms with E-state index in [2.05, 4.69) is 0 Å². The van der Waals surface area contributed by atoms with E-state index in [0.717, 1.165) is 24.2 Å². The largest absolute Gasteiger partial charge is 0.298 e. The maximum Gasteiger partial charge on any atom is 0.228 e. The van der Waals surface area contributed by atoms with Crippen molar-refractivity contribution in [1.29, 1.82) is 0 Å². The van der Waals surface area contributed by atoms with Crippen LogP contribution in [0.25, 0.3) is 6.08 Å². The molecule has 1 aromatic carbocycles. The first-order chi connectivity index (χ1) is 9.75. The van der Waals surface area contributed by atoms with Crippen LogP contribution in [0.4, 0.5) is 0 Å². The molecule has 4 heteroatoms. The van der Waals surface area contributed by atoms with Gasteiger partial charge in [-0.2, -0.15) is 0 Å². The van der Waals surface area contributed by atoms with Gasteiger partial charge in [-0.3, -0.25) is 19.4 Å². The highest BCUT2D eigenvalue weighted by atomic mass is 16.2. The Bertz CT molecular complexity index is 523.